The number of urea groups is 1. The van der Waals surface area contributed by atoms with Gasteiger partial charge in [0.15, 0.2) is 0 Å². The molecule has 0 spiro atoms. The Morgan fingerprint density at radius 1 is 0.750 bits per heavy atom. The average Bonchev–Trinajstić information content (AvgIpc) is 2.44. The van der Waals surface area contributed by atoms with Crippen LogP contribution < -0.4 is 10.6 Å². The summed E-state index contributed by atoms with van der Waals surface area (Å²) in [5.41, 5.74) is 0. The van der Waals surface area contributed by atoms with Crippen molar-refractivity contribution < 1.29 is 39.3 Å². The molecule has 0 aliphatic rings. The van der Waals surface area contributed by atoms with Gasteiger partial charge in [0.25, 0.3) is 0 Å². The van der Waals surface area contributed by atoms with Crippen LogP contribution in [0, 0.1) is 11.8 Å². The predicted octanol–water partition coefficient (Wildman–Crippen LogP) is -0.0820. The van der Waals surface area contributed by atoms with Gasteiger partial charge in [0.1, 0.15) is 17.9 Å². The van der Waals surface area contributed by atoms with Gasteiger partial charge in [0.05, 0.1) is 5.92 Å². The molecule has 0 aromatic heterocycles. The first-order chi connectivity index (χ1) is 11.0. The summed E-state index contributed by atoms with van der Waals surface area (Å²) < 4.78 is 0. The molecule has 0 aromatic carbocycles. The highest BCUT2D eigenvalue weighted by atomic mass is 16.4. The third-order valence-electron chi connectivity index (χ3n) is 3.50. The van der Waals surface area contributed by atoms with E-state index < -0.39 is 47.9 Å². The Balaban J connectivity index is 4.84. The molecule has 0 aromatic rings. The number of hydrogen-bond acceptors (Lipinski definition) is 5. The highest BCUT2D eigenvalue weighted by Crippen LogP contribution is 2.09. The van der Waals surface area contributed by atoms with Gasteiger partial charge in [0, 0.05) is 5.92 Å². The maximum atomic E-state index is 11.8. The lowest BCUT2D eigenvalue weighted by Gasteiger charge is -2.21. The minimum absolute atomic E-state index is 0.151. The van der Waals surface area contributed by atoms with E-state index in [2.05, 4.69) is 5.32 Å². The molecule has 0 saturated heterocycles. The second kappa shape index (κ2) is 9.48. The van der Waals surface area contributed by atoms with Crippen molar-refractivity contribution in [3.8, 4) is 0 Å². The van der Waals surface area contributed by atoms with Crippen LogP contribution in [0.1, 0.15) is 33.6 Å². The number of Topliss-reactive ketones (excluding diaryl/α,β-unsaturated/α-hetero) is 1. The second-order valence-corrected chi connectivity index (χ2v) is 5.62. The van der Waals surface area contributed by atoms with E-state index in [4.69, 9.17) is 15.3 Å². The summed E-state index contributed by atoms with van der Waals surface area (Å²) in [6.45, 7) is 4.08. The molecule has 0 radical (unpaired) electrons. The van der Waals surface area contributed by atoms with Crippen molar-refractivity contribution in [2.24, 2.45) is 11.8 Å². The maximum absolute atomic E-state index is 11.8. The van der Waals surface area contributed by atoms with E-state index in [1.807, 2.05) is 5.32 Å². The number of aliphatic carboxylic acids is 3. The Bertz CT molecular complexity index is 475. The van der Waals surface area contributed by atoms with E-state index >= 15 is 0 Å². The first kappa shape index (κ1) is 21.4. The Kier molecular flexibility index (Phi) is 8.43. The van der Waals surface area contributed by atoms with E-state index in [1.54, 1.807) is 0 Å². The quantitative estimate of drug-likeness (QED) is 0.365. The van der Waals surface area contributed by atoms with Crippen LogP contribution in [0.4, 0.5) is 4.79 Å². The monoisotopic (exact) mass is 346 g/mol. The van der Waals surface area contributed by atoms with Gasteiger partial charge in [-0.15, -0.1) is 0 Å². The van der Waals surface area contributed by atoms with Crippen molar-refractivity contribution in [3.63, 3.8) is 0 Å². The fraction of sp³-hybridized carbons (Fsp3) is 0.643. The van der Waals surface area contributed by atoms with Crippen LogP contribution in [0.3, 0.4) is 0 Å². The lowest BCUT2D eigenvalue weighted by atomic mass is 9.98. The highest BCUT2D eigenvalue weighted by Gasteiger charge is 2.28. The number of hydrogen-bond donors (Lipinski definition) is 5. The van der Waals surface area contributed by atoms with Gasteiger partial charge in [-0.3, -0.25) is 9.59 Å². The number of carbonyl (C=O) groups is 5. The van der Waals surface area contributed by atoms with Crippen LogP contribution in [-0.2, 0) is 19.2 Å². The van der Waals surface area contributed by atoms with Gasteiger partial charge < -0.3 is 26.0 Å². The molecule has 5 N–H and O–H groups in total. The number of nitrogens with one attached hydrogen (secondary N) is 2. The smallest absolute Gasteiger partial charge is 0.326 e. The van der Waals surface area contributed by atoms with Crippen molar-refractivity contribution in [2.45, 2.75) is 45.7 Å². The summed E-state index contributed by atoms with van der Waals surface area (Å²) in [5, 5.41) is 31.0. The fourth-order valence-corrected chi connectivity index (χ4v) is 1.78. The predicted molar refractivity (Wildman–Crippen MR) is 80.4 cm³/mol. The molecule has 0 aliphatic carbocycles. The van der Waals surface area contributed by atoms with Gasteiger partial charge in [-0.2, -0.15) is 0 Å². The number of carboxylic acids is 3. The Morgan fingerprint density at radius 3 is 1.42 bits per heavy atom. The normalized spacial score (nSPS) is 15.5. The first-order valence-electron chi connectivity index (χ1n) is 7.21. The molecule has 136 valence electrons. The number of carboxylic acid groups (broad SMARTS) is 3. The number of rotatable bonds is 10. The summed E-state index contributed by atoms with van der Waals surface area (Å²) in [4.78, 5) is 56.0. The molecule has 0 aliphatic heterocycles. The van der Waals surface area contributed by atoms with Crippen LogP contribution in [0.15, 0.2) is 0 Å². The third kappa shape index (κ3) is 7.56. The van der Waals surface area contributed by atoms with Crippen LogP contribution in [-0.4, -0.2) is 57.1 Å². The maximum Gasteiger partial charge on any atom is 0.326 e. The molecule has 10 heteroatoms. The largest absolute Gasteiger partial charge is 0.481 e. The van der Waals surface area contributed by atoms with Crippen molar-refractivity contribution >= 4 is 29.7 Å². The summed E-state index contributed by atoms with van der Waals surface area (Å²) in [6.07, 6.45) is -0.513. The lowest BCUT2D eigenvalue weighted by molar-refractivity contribution is -0.143. The zero-order valence-corrected chi connectivity index (χ0v) is 13.6. The molecular formula is C14H22N2O8. The highest BCUT2D eigenvalue weighted by molar-refractivity contribution is 5.87. The van der Waals surface area contributed by atoms with E-state index in [0.717, 1.165) is 0 Å². The molecule has 0 rings (SSSR count). The number of ketones is 1. The number of carbonyl (C=O) groups excluding carboxylic acids is 2. The molecule has 0 saturated carbocycles. The zero-order chi connectivity index (χ0) is 19.0. The number of amides is 2. The molecule has 0 bridgehead atoms. The van der Waals surface area contributed by atoms with E-state index in [0.29, 0.717) is 0 Å². The van der Waals surface area contributed by atoms with Gasteiger partial charge in [0.2, 0.25) is 0 Å². The minimum atomic E-state index is -1.49. The van der Waals surface area contributed by atoms with Crippen molar-refractivity contribution in [2.75, 3.05) is 0 Å². The molecule has 4 atom stereocenters. The van der Waals surface area contributed by atoms with E-state index in [-0.39, 0.29) is 18.6 Å². The summed E-state index contributed by atoms with van der Waals surface area (Å²) in [7, 11) is 0. The molecule has 3 unspecified atom stereocenters. The molecule has 24 heavy (non-hydrogen) atoms. The van der Waals surface area contributed by atoms with Gasteiger partial charge in [-0.25, -0.2) is 14.4 Å². The molecule has 2 amide bonds. The fourth-order valence-electron chi connectivity index (χ4n) is 1.78. The Morgan fingerprint density at radius 2 is 1.12 bits per heavy atom. The average molecular weight is 346 g/mol. The van der Waals surface area contributed by atoms with Crippen LogP contribution in [0.5, 0.6) is 0 Å². The molecule has 10 nitrogen and oxygen atoms in total. The third-order valence-corrected chi connectivity index (χ3v) is 3.50. The molecule has 0 fully saturated rings. The Labute approximate surface area is 138 Å². The van der Waals surface area contributed by atoms with Crippen molar-refractivity contribution in [3.05, 3.63) is 0 Å². The van der Waals surface area contributed by atoms with Crippen molar-refractivity contribution in [1.82, 2.24) is 10.6 Å². The first-order valence-corrected chi connectivity index (χ1v) is 7.21. The van der Waals surface area contributed by atoms with Gasteiger partial charge in [-0.1, -0.05) is 13.8 Å². The zero-order valence-electron chi connectivity index (χ0n) is 13.6. The van der Waals surface area contributed by atoms with E-state index in [9.17, 15) is 24.0 Å². The molecule has 0 heterocycles. The SMILES string of the molecule is CC(=O)C(C)CC(NC(=O)N[C@@H](CC(C)C(=O)O)C(=O)O)C(=O)O. The van der Waals surface area contributed by atoms with Gasteiger partial charge in [-0.05, 0) is 19.8 Å². The van der Waals surface area contributed by atoms with Gasteiger partial charge >= 0.3 is 23.9 Å². The van der Waals surface area contributed by atoms with Crippen LogP contribution in [0.2, 0.25) is 0 Å². The summed E-state index contributed by atoms with van der Waals surface area (Å²) in [5.74, 6) is -5.90. The van der Waals surface area contributed by atoms with E-state index in [1.165, 1.54) is 20.8 Å². The summed E-state index contributed by atoms with van der Waals surface area (Å²) in [6, 6.07) is -3.94. The minimum Gasteiger partial charge on any atom is -0.481 e. The van der Waals surface area contributed by atoms with Crippen molar-refractivity contribution in [1.29, 1.82) is 0 Å². The van der Waals surface area contributed by atoms with Crippen LogP contribution >= 0.6 is 0 Å². The summed E-state index contributed by atoms with van der Waals surface area (Å²) >= 11 is 0. The Hall–Kier alpha value is -2.65. The molecular weight excluding hydrogens is 324 g/mol. The van der Waals surface area contributed by atoms with Crippen LogP contribution in [0.25, 0.3) is 0 Å². The standard InChI is InChI=1S/C14H22N2O8/c1-6(8(3)17)4-9(12(20)21)15-14(24)16-10(13(22)23)5-7(2)11(18)19/h6-7,9-10H,4-5H2,1-3H3,(H,18,19)(H,20,21)(H,22,23)(H2,15,16,24)/t6?,7?,9?,10-/m0/s1. The lowest BCUT2D eigenvalue weighted by Crippen LogP contribution is -2.52. The topological polar surface area (TPSA) is 170 Å². The second-order valence-electron chi connectivity index (χ2n) is 5.62.